The molecule has 5 aromatic rings. The van der Waals surface area contributed by atoms with E-state index in [0.717, 1.165) is 42.7 Å². The van der Waals surface area contributed by atoms with Gasteiger partial charge in [-0.05, 0) is 37.1 Å². The molecule has 1 fully saturated rings. The van der Waals surface area contributed by atoms with Crippen molar-refractivity contribution in [2.24, 2.45) is 12.8 Å². The highest BCUT2D eigenvalue weighted by Gasteiger charge is 2.19. The van der Waals surface area contributed by atoms with Crippen molar-refractivity contribution in [2.45, 2.75) is 18.9 Å². The minimum Gasteiger partial charge on any atom is -0.493 e. The van der Waals surface area contributed by atoms with Gasteiger partial charge >= 0.3 is 0 Å². The van der Waals surface area contributed by atoms with Crippen LogP contribution in [0.25, 0.3) is 22.1 Å². The van der Waals surface area contributed by atoms with Crippen LogP contribution in [0.1, 0.15) is 12.8 Å². The van der Waals surface area contributed by atoms with Crippen LogP contribution in [0, 0.1) is 0 Å². The molecule has 0 radical (unpaired) electrons. The topological polar surface area (TPSA) is 129 Å². The van der Waals surface area contributed by atoms with Crippen molar-refractivity contribution < 1.29 is 9.47 Å². The fraction of sp³-hybridized carbons (Fsp3) is 0.269. The first-order chi connectivity index (χ1) is 18.1. The summed E-state index contributed by atoms with van der Waals surface area (Å²) >= 11 is 0. The van der Waals surface area contributed by atoms with E-state index in [0.29, 0.717) is 40.0 Å². The molecule has 0 saturated carbocycles. The van der Waals surface area contributed by atoms with Crippen LogP contribution in [-0.2, 0) is 7.05 Å². The molecule has 1 aliphatic rings. The predicted octanol–water partition coefficient (Wildman–Crippen LogP) is 3.78. The van der Waals surface area contributed by atoms with Gasteiger partial charge < -0.3 is 30.0 Å². The second-order valence-electron chi connectivity index (χ2n) is 9.05. The number of nitrogens with zero attached hydrogens (tertiary/aromatic N) is 7. The van der Waals surface area contributed by atoms with E-state index < -0.39 is 0 Å². The zero-order chi connectivity index (χ0) is 25.4. The van der Waals surface area contributed by atoms with Gasteiger partial charge in [-0.1, -0.05) is 0 Å². The Bertz CT molecular complexity index is 1580. The number of benzene rings is 2. The van der Waals surface area contributed by atoms with Crippen molar-refractivity contribution in [1.82, 2.24) is 29.5 Å². The summed E-state index contributed by atoms with van der Waals surface area (Å²) in [5.74, 6) is 3.07. The Kier molecular flexibility index (Phi) is 5.89. The number of nitrogens with one attached hydrogen (secondary N) is 1. The largest absolute Gasteiger partial charge is 0.493 e. The van der Waals surface area contributed by atoms with Gasteiger partial charge in [-0.2, -0.15) is 0 Å². The van der Waals surface area contributed by atoms with E-state index in [2.05, 4.69) is 30.2 Å². The molecule has 3 aromatic heterocycles. The Hall–Kier alpha value is -4.51. The standard InChI is InChI=1S/C26H27N9O2/c1-34-15-31-19-12-18(4-5-21(19)34)37-22-6-3-17(11-23(22)36-2)32-25-24-20(29-14-30-25)13-28-26(33-24)35-9-7-16(27)8-10-35/h3-6,11-16H,7-10,27H2,1-2H3,(H,29,30,32). The number of fused-ring (bicyclic) bond motifs is 2. The Balaban J connectivity index is 1.26. The number of methoxy groups -OCH3 is 1. The third-order valence-corrected chi connectivity index (χ3v) is 6.54. The molecule has 0 unspecified atom stereocenters. The van der Waals surface area contributed by atoms with Crippen LogP contribution in [0.2, 0.25) is 0 Å². The second-order valence-corrected chi connectivity index (χ2v) is 9.05. The minimum atomic E-state index is 0.233. The average Bonchev–Trinajstić information content (AvgIpc) is 3.29. The van der Waals surface area contributed by atoms with E-state index in [4.69, 9.17) is 20.2 Å². The third-order valence-electron chi connectivity index (χ3n) is 6.54. The van der Waals surface area contributed by atoms with Crippen LogP contribution in [0.4, 0.5) is 17.5 Å². The van der Waals surface area contributed by atoms with Gasteiger partial charge in [0.25, 0.3) is 0 Å². The Morgan fingerprint density at radius 2 is 1.84 bits per heavy atom. The highest BCUT2D eigenvalue weighted by molar-refractivity contribution is 5.87. The fourth-order valence-corrected chi connectivity index (χ4v) is 4.46. The summed E-state index contributed by atoms with van der Waals surface area (Å²) in [6.45, 7) is 1.66. The lowest BCUT2D eigenvalue weighted by molar-refractivity contribution is 0.379. The maximum absolute atomic E-state index is 6.12. The normalized spacial score (nSPS) is 14.3. The summed E-state index contributed by atoms with van der Waals surface area (Å²) < 4.78 is 13.7. The molecule has 0 amide bonds. The summed E-state index contributed by atoms with van der Waals surface area (Å²) in [5.41, 5.74) is 10.0. The second kappa shape index (κ2) is 9.51. The smallest absolute Gasteiger partial charge is 0.226 e. The molecule has 0 aliphatic carbocycles. The number of hydrogen-bond acceptors (Lipinski definition) is 10. The number of aromatic nitrogens is 6. The number of nitrogens with two attached hydrogens (primary N) is 1. The maximum Gasteiger partial charge on any atom is 0.226 e. The molecule has 11 heteroatoms. The van der Waals surface area contributed by atoms with Crippen LogP contribution >= 0.6 is 0 Å². The SMILES string of the molecule is COc1cc(Nc2ncnc3cnc(N4CCC(N)CC4)nc23)ccc1Oc1ccc2c(c1)ncn2C. The van der Waals surface area contributed by atoms with Crippen molar-refractivity contribution >= 4 is 39.5 Å². The quantitative estimate of drug-likeness (QED) is 0.357. The van der Waals surface area contributed by atoms with Gasteiger partial charge in [0.1, 0.15) is 23.1 Å². The van der Waals surface area contributed by atoms with Crippen LogP contribution in [-0.4, -0.2) is 55.7 Å². The zero-order valence-electron chi connectivity index (χ0n) is 20.6. The number of hydrogen-bond donors (Lipinski definition) is 2. The molecular formula is C26H27N9O2. The highest BCUT2D eigenvalue weighted by Crippen LogP contribution is 2.36. The van der Waals surface area contributed by atoms with Gasteiger partial charge in [0.15, 0.2) is 17.3 Å². The van der Waals surface area contributed by atoms with E-state index in [1.165, 1.54) is 6.33 Å². The van der Waals surface area contributed by atoms with Crippen molar-refractivity contribution in [2.75, 3.05) is 30.4 Å². The summed E-state index contributed by atoms with van der Waals surface area (Å²) in [4.78, 5) is 24.6. The summed E-state index contributed by atoms with van der Waals surface area (Å²) in [6, 6.07) is 11.6. The minimum absolute atomic E-state index is 0.233. The number of imidazole rings is 1. The van der Waals surface area contributed by atoms with Crippen LogP contribution in [0.5, 0.6) is 17.2 Å². The van der Waals surface area contributed by atoms with Crippen LogP contribution < -0.4 is 25.4 Å². The first-order valence-corrected chi connectivity index (χ1v) is 12.1. The van der Waals surface area contributed by atoms with E-state index in [1.54, 1.807) is 19.6 Å². The predicted molar refractivity (Wildman–Crippen MR) is 142 cm³/mol. The van der Waals surface area contributed by atoms with Crippen molar-refractivity contribution in [3.05, 3.63) is 55.2 Å². The van der Waals surface area contributed by atoms with Crippen LogP contribution in [0.3, 0.4) is 0 Å². The van der Waals surface area contributed by atoms with Gasteiger partial charge in [-0.3, -0.25) is 0 Å². The first-order valence-electron chi connectivity index (χ1n) is 12.1. The molecule has 188 valence electrons. The lowest BCUT2D eigenvalue weighted by Crippen LogP contribution is -2.40. The Morgan fingerprint density at radius 1 is 0.973 bits per heavy atom. The van der Waals surface area contributed by atoms with E-state index in [-0.39, 0.29) is 6.04 Å². The number of ether oxygens (including phenoxy) is 2. The van der Waals surface area contributed by atoms with Gasteiger partial charge in [0.2, 0.25) is 5.95 Å². The van der Waals surface area contributed by atoms with E-state index in [9.17, 15) is 0 Å². The summed E-state index contributed by atoms with van der Waals surface area (Å²) in [5, 5.41) is 3.35. The first kappa shape index (κ1) is 22.9. The van der Waals surface area contributed by atoms with Gasteiger partial charge in [0.05, 0.1) is 30.7 Å². The van der Waals surface area contributed by atoms with Crippen molar-refractivity contribution in [3.8, 4) is 17.2 Å². The lowest BCUT2D eigenvalue weighted by Gasteiger charge is -2.30. The van der Waals surface area contributed by atoms with Gasteiger partial charge in [-0.15, -0.1) is 0 Å². The number of anilines is 3. The molecule has 37 heavy (non-hydrogen) atoms. The molecular weight excluding hydrogens is 470 g/mol. The monoisotopic (exact) mass is 497 g/mol. The summed E-state index contributed by atoms with van der Waals surface area (Å²) in [6.07, 6.45) is 6.84. The number of aryl methyl sites for hydroxylation is 1. The van der Waals surface area contributed by atoms with Crippen molar-refractivity contribution in [3.63, 3.8) is 0 Å². The molecule has 0 bridgehead atoms. The van der Waals surface area contributed by atoms with E-state index in [1.807, 2.05) is 48.0 Å². The molecule has 4 heterocycles. The number of piperidine rings is 1. The fourth-order valence-electron chi connectivity index (χ4n) is 4.46. The van der Waals surface area contributed by atoms with Crippen LogP contribution in [0.15, 0.2) is 55.2 Å². The molecule has 6 rings (SSSR count). The lowest BCUT2D eigenvalue weighted by atomic mass is 10.1. The molecule has 11 nitrogen and oxygen atoms in total. The highest BCUT2D eigenvalue weighted by atomic mass is 16.5. The van der Waals surface area contributed by atoms with E-state index >= 15 is 0 Å². The molecule has 1 saturated heterocycles. The number of rotatable bonds is 6. The summed E-state index contributed by atoms with van der Waals surface area (Å²) in [7, 11) is 3.57. The average molecular weight is 498 g/mol. The van der Waals surface area contributed by atoms with Crippen molar-refractivity contribution in [1.29, 1.82) is 0 Å². The zero-order valence-corrected chi connectivity index (χ0v) is 20.6. The van der Waals surface area contributed by atoms with Gasteiger partial charge in [0, 0.05) is 44.0 Å². The van der Waals surface area contributed by atoms with Gasteiger partial charge in [-0.25, -0.2) is 24.9 Å². The maximum atomic E-state index is 6.12. The molecule has 2 aromatic carbocycles. The Morgan fingerprint density at radius 3 is 2.68 bits per heavy atom. The molecule has 0 spiro atoms. The third kappa shape index (κ3) is 4.56. The molecule has 3 N–H and O–H groups in total. The molecule has 1 aliphatic heterocycles. The molecule has 0 atom stereocenters. The Labute approximate surface area is 213 Å².